The average Bonchev–Trinajstić information content (AvgIpc) is 2.39. The number of anilines is 1. The standard InChI is InChI=1S/C12H17N.HI/c1-4-13-9-12(2,3)10-7-5-6-8-11(10)13;/h5-8H,4,9H2,1-3H3;1H. The Balaban J connectivity index is 0.000000980. The van der Waals surface area contributed by atoms with Crippen LogP contribution < -0.4 is 4.90 Å². The van der Waals surface area contributed by atoms with E-state index in [1.165, 1.54) is 11.3 Å². The summed E-state index contributed by atoms with van der Waals surface area (Å²) in [7, 11) is 0. The smallest absolute Gasteiger partial charge is 0.0405 e. The summed E-state index contributed by atoms with van der Waals surface area (Å²) in [6.07, 6.45) is 0. The third-order valence-electron chi connectivity index (χ3n) is 2.94. The van der Waals surface area contributed by atoms with E-state index in [1.807, 2.05) is 0 Å². The molecule has 0 spiro atoms. The van der Waals surface area contributed by atoms with Crippen LogP contribution in [-0.4, -0.2) is 13.1 Å². The summed E-state index contributed by atoms with van der Waals surface area (Å²) in [5, 5.41) is 0. The molecule has 14 heavy (non-hydrogen) atoms. The molecule has 78 valence electrons. The van der Waals surface area contributed by atoms with Gasteiger partial charge in [0.05, 0.1) is 0 Å². The van der Waals surface area contributed by atoms with E-state index in [9.17, 15) is 0 Å². The highest BCUT2D eigenvalue weighted by Crippen LogP contribution is 2.39. The number of para-hydroxylation sites is 1. The van der Waals surface area contributed by atoms with Gasteiger partial charge in [0.1, 0.15) is 0 Å². The number of halogens is 1. The first-order valence-electron chi connectivity index (χ1n) is 4.99. The molecule has 0 unspecified atom stereocenters. The number of hydrogen-bond acceptors (Lipinski definition) is 1. The normalized spacial score (nSPS) is 17.5. The zero-order valence-corrected chi connectivity index (χ0v) is 11.4. The second-order valence-corrected chi connectivity index (χ2v) is 4.42. The van der Waals surface area contributed by atoms with Crippen molar-refractivity contribution in [3.05, 3.63) is 29.8 Å². The van der Waals surface area contributed by atoms with Gasteiger partial charge in [-0.05, 0) is 18.6 Å². The molecule has 1 aliphatic heterocycles. The van der Waals surface area contributed by atoms with E-state index in [2.05, 4.69) is 49.9 Å². The molecular formula is C12H18IN. The van der Waals surface area contributed by atoms with E-state index in [-0.39, 0.29) is 24.0 Å². The fourth-order valence-corrected chi connectivity index (χ4v) is 2.25. The number of benzene rings is 1. The molecule has 0 N–H and O–H groups in total. The maximum Gasteiger partial charge on any atom is 0.0405 e. The largest absolute Gasteiger partial charge is 0.371 e. The summed E-state index contributed by atoms with van der Waals surface area (Å²) in [6.45, 7) is 9.13. The van der Waals surface area contributed by atoms with Crippen LogP contribution in [0.4, 0.5) is 5.69 Å². The van der Waals surface area contributed by atoms with E-state index in [0.717, 1.165) is 13.1 Å². The first-order chi connectivity index (χ1) is 6.15. The summed E-state index contributed by atoms with van der Waals surface area (Å²) in [5.74, 6) is 0. The molecule has 0 bridgehead atoms. The summed E-state index contributed by atoms with van der Waals surface area (Å²) in [5.41, 5.74) is 3.25. The summed E-state index contributed by atoms with van der Waals surface area (Å²) in [4.78, 5) is 2.45. The fraction of sp³-hybridized carbons (Fsp3) is 0.500. The number of fused-ring (bicyclic) bond motifs is 1. The van der Waals surface area contributed by atoms with Gasteiger partial charge in [-0.1, -0.05) is 32.0 Å². The molecule has 0 saturated heterocycles. The minimum Gasteiger partial charge on any atom is -0.371 e. The number of nitrogens with zero attached hydrogens (tertiary/aromatic N) is 1. The molecule has 1 heterocycles. The first kappa shape index (κ1) is 11.8. The summed E-state index contributed by atoms with van der Waals surface area (Å²) in [6, 6.07) is 8.75. The second-order valence-electron chi connectivity index (χ2n) is 4.42. The molecule has 2 heteroatoms. The van der Waals surface area contributed by atoms with Crippen molar-refractivity contribution in [3.8, 4) is 0 Å². The minimum absolute atomic E-state index is 0. The Labute approximate surface area is 104 Å². The Morgan fingerprint density at radius 3 is 2.57 bits per heavy atom. The van der Waals surface area contributed by atoms with Crippen molar-refractivity contribution in [1.29, 1.82) is 0 Å². The van der Waals surface area contributed by atoms with Gasteiger partial charge >= 0.3 is 0 Å². The molecule has 1 aliphatic rings. The Morgan fingerprint density at radius 2 is 1.93 bits per heavy atom. The van der Waals surface area contributed by atoms with E-state index in [0.29, 0.717) is 5.41 Å². The third-order valence-corrected chi connectivity index (χ3v) is 2.94. The molecule has 1 nitrogen and oxygen atoms in total. The van der Waals surface area contributed by atoms with Crippen molar-refractivity contribution in [2.24, 2.45) is 0 Å². The van der Waals surface area contributed by atoms with Gasteiger partial charge in [0.25, 0.3) is 0 Å². The second kappa shape index (κ2) is 4.09. The Kier molecular flexibility index (Phi) is 3.45. The highest BCUT2D eigenvalue weighted by Gasteiger charge is 2.33. The van der Waals surface area contributed by atoms with Gasteiger partial charge in [0.2, 0.25) is 0 Å². The molecule has 0 amide bonds. The van der Waals surface area contributed by atoms with Gasteiger partial charge in [-0.15, -0.1) is 24.0 Å². The topological polar surface area (TPSA) is 3.24 Å². The first-order valence-corrected chi connectivity index (χ1v) is 4.99. The lowest BCUT2D eigenvalue weighted by atomic mass is 9.87. The van der Waals surface area contributed by atoms with Gasteiger partial charge in [0, 0.05) is 24.2 Å². The van der Waals surface area contributed by atoms with Gasteiger partial charge in [-0.25, -0.2) is 0 Å². The molecule has 0 aliphatic carbocycles. The van der Waals surface area contributed by atoms with E-state index >= 15 is 0 Å². The highest BCUT2D eigenvalue weighted by atomic mass is 127. The lowest BCUT2D eigenvalue weighted by molar-refractivity contribution is 0.554. The van der Waals surface area contributed by atoms with Crippen molar-refractivity contribution in [1.82, 2.24) is 0 Å². The predicted octanol–water partition coefficient (Wildman–Crippen LogP) is 3.42. The Morgan fingerprint density at radius 1 is 1.29 bits per heavy atom. The predicted molar refractivity (Wildman–Crippen MR) is 72.8 cm³/mol. The van der Waals surface area contributed by atoms with Crippen LogP contribution in [0.1, 0.15) is 26.3 Å². The van der Waals surface area contributed by atoms with E-state index < -0.39 is 0 Å². The maximum absolute atomic E-state index is 2.45. The number of rotatable bonds is 1. The van der Waals surface area contributed by atoms with Crippen LogP contribution in [-0.2, 0) is 5.41 Å². The maximum atomic E-state index is 2.45. The molecule has 1 aromatic carbocycles. The number of likely N-dealkylation sites (N-methyl/N-ethyl adjacent to an activating group) is 1. The SMILES string of the molecule is CCN1CC(C)(C)c2ccccc21.I. The van der Waals surface area contributed by atoms with E-state index in [4.69, 9.17) is 0 Å². The Bertz CT molecular complexity index is 320. The van der Waals surface area contributed by atoms with Crippen LogP contribution in [0.2, 0.25) is 0 Å². The molecular weight excluding hydrogens is 285 g/mol. The zero-order chi connectivity index (χ0) is 9.47. The van der Waals surface area contributed by atoms with Crippen LogP contribution >= 0.6 is 24.0 Å². The fourth-order valence-electron chi connectivity index (χ4n) is 2.25. The van der Waals surface area contributed by atoms with Crippen LogP contribution in [0.3, 0.4) is 0 Å². The van der Waals surface area contributed by atoms with Crippen LogP contribution in [0.25, 0.3) is 0 Å². The van der Waals surface area contributed by atoms with E-state index in [1.54, 1.807) is 0 Å². The van der Waals surface area contributed by atoms with Gasteiger partial charge in [0.15, 0.2) is 0 Å². The molecule has 0 radical (unpaired) electrons. The van der Waals surface area contributed by atoms with Crippen LogP contribution in [0.5, 0.6) is 0 Å². The zero-order valence-electron chi connectivity index (χ0n) is 9.08. The molecule has 0 fully saturated rings. The third kappa shape index (κ3) is 1.76. The number of hydrogen-bond donors (Lipinski definition) is 0. The summed E-state index contributed by atoms with van der Waals surface area (Å²) >= 11 is 0. The molecule has 1 aromatic rings. The van der Waals surface area contributed by atoms with Gasteiger partial charge in [-0.2, -0.15) is 0 Å². The summed E-state index contributed by atoms with van der Waals surface area (Å²) < 4.78 is 0. The molecule has 2 rings (SSSR count). The van der Waals surface area contributed by atoms with Crippen molar-refractivity contribution >= 4 is 29.7 Å². The molecule has 0 atom stereocenters. The van der Waals surface area contributed by atoms with Crippen LogP contribution in [0, 0.1) is 0 Å². The average molecular weight is 303 g/mol. The minimum atomic E-state index is 0. The highest BCUT2D eigenvalue weighted by molar-refractivity contribution is 14.0. The molecule has 0 saturated carbocycles. The van der Waals surface area contributed by atoms with Crippen molar-refractivity contribution in [2.75, 3.05) is 18.0 Å². The quantitative estimate of drug-likeness (QED) is 0.719. The monoisotopic (exact) mass is 303 g/mol. The molecule has 0 aromatic heterocycles. The van der Waals surface area contributed by atoms with Gasteiger partial charge in [-0.3, -0.25) is 0 Å². The van der Waals surface area contributed by atoms with Crippen LogP contribution in [0.15, 0.2) is 24.3 Å². The lowest BCUT2D eigenvalue weighted by Gasteiger charge is -2.20. The van der Waals surface area contributed by atoms with Gasteiger partial charge < -0.3 is 4.90 Å². The lowest BCUT2D eigenvalue weighted by Crippen LogP contribution is -2.28. The van der Waals surface area contributed by atoms with Crippen molar-refractivity contribution < 1.29 is 0 Å². The Hall–Kier alpha value is -0.250. The van der Waals surface area contributed by atoms with Crippen molar-refractivity contribution in [2.45, 2.75) is 26.2 Å². The van der Waals surface area contributed by atoms with Crippen molar-refractivity contribution in [3.63, 3.8) is 0 Å².